The molecule has 2 atom stereocenters. The first-order valence-electron chi connectivity index (χ1n) is 5.76. The van der Waals surface area contributed by atoms with Crippen molar-refractivity contribution >= 4 is 5.91 Å². The molecule has 4 heteroatoms. The molecule has 0 saturated carbocycles. The van der Waals surface area contributed by atoms with Gasteiger partial charge in [-0.25, -0.2) is 0 Å². The van der Waals surface area contributed by atoms with Crippen LogP contribution < -0.4 is 5.32 Å². The number of hydrogen-bond acceptors (Lipinski definition) is 3. The summed E-state index contributed by atoms with van der Waals surface area (Å²) in [6.45, 7) is 8.85. The molecule has 1 amide bonds. The molecule has 0 aliphatic carbocycles. The average molecular weight is 214 g/mol. The van der Waals surface area contributed by atoms with Gasteiger partial charge >= 0.3 is 0 Å². The molecule has 0 aromatic carbocycles. The Morgan fingerprint density at radius 2 is 2.40 bits per heavy atom. The number of nitrogens with zero attached hydrogens (tertiary/aromatic N) is 1. The average Bonchev–Trinajstić information content (AvgIpc) is 2.25. The van der Waals surface area contributed by atoms with E-state index in [-0.39, 0.29) is 18.6 Å². The van der Waals surface area contributed by atoms with Crippen LogP contribution in [0.2, 0.25) is 0 Å². The first-order chi connectivity index (χ1) is 7.13. The predicted molar refractivity (Wildman–Crippen MR) is 59.7 cm³/mol. The molecule has 88 valence electrons. The zero-order chi connectivity index (χ0) is 11.3. The lowest BCUT2D eigenvalue weighted by molar-refractivity contribution is -0.139. The van der Waals surface area contributed by atoms with Gasteiger partial charge in [0.15, 0.2) is 0 Å². The second kappa shape index (κ2) is 6.08. The van der Waals surface area contributed by atoms with E-state index >= 15 is 0 Å². The lowest BCUT2D eigenvalue weighted by atomic mass is 10.2. The van der Waals surface area contributed by atoms with Crippen molar-refractivity contribution < 1.29 is 9.53 Å². The molecule has 1 heterocycles. The van der Waals surface area contributed by atoms with Crippen LogP contribution in [0.25, 0.3) is 0 Å². The third kappa shape index (κ3) is 4.18. The number of rotatable bonds is 4. The lowest BCUT2D eigenvalue weighted by Gasteiger charge is -2.32. The smallest absolute Gasteiger partial charge is 0.248 e. The molecule has 1 unspecified atom stereocenters. The molecule has 1 aliphatic heterocycles. The van der Waals surface area contributed by atoms with Crippen LogP contribution in [0.3, 0.4) is 0 Å². The van der Waals surface area contributed by atoms with Gasteiger partial charge in [-0.15, -0.1) is 0 Å². The zero-order valence-corrected chi connectivity index (χ0v) is 9.95. The second-order valence-corrected chi connectivity index (χ2v) is 4.22. The van der Waals surface area contributed by atoms with Crippen LogP contribution in [0.15, 0.2) is 0 Å². The van der Waals surface area contributed by atoms with E-state index in [0.29, 0.717) is 6.04 Å². The van der Waals surface area contributed by atoms with Crippen LogP contribution >= 0.6 is 0 Å². The standard InChI is InChI=1S/C11H22N2O2/c1-4-10(3)15-8-11(14)13-6-5-12-9(2)7-13/h9-10,12H,4-8H2,1-3H3/t9-,10?/m0/s1. The third-order valence-corrected chi connectivity index (χ3v) is 2.79. The molecule has 1 rings (SSSR count). The minimum absolute atomic E-state index is 0.114. The monoisotopic (exact) mass is 214 g/mol. The number of nitrogens with one attached hydrogen (secondary N) is 1. The first-order valence-corrected chi connectivity index (χ1v) is 5.76. The maximum atomic E-state index is 11.7. The minimum atomic E-state index is 0.114. The van der Waals surface area contributed by atoms with Gasteiger partial charge in [0.25, 0.3) is 0 Å². The summed E-state index contributed by atoms with van der Waals surface area (Å²) in [5.74, 6) is 0.114. The zero-order valence-electron chi connectivity index (χ0n) is 9.95. The Labute approximate surface area is 92.0 Å². The molecule has 4 nitrogen and oxygen atoms in total. The largest absolute Gasteiger partial charge is 0.369 e. The lowest BCUT2D eigenvalue weighted by Crippen LogP contribution is -2.52. The van der Waals surface area contributed by atoms with E-state index in [9.17, 15) is 4.79 Å². The van der Waals surface area contributed by atoms with E-state index in [1.807, 2.05) is 11.8 Å². The van der Waals surface area contributed by atoms with Gasteiger partial charge in [-0.3, -0.25) is 4.79 Å². The van der Waals surface area contributed by atoms with Crippen molar-refractivity contribution in [2.75, 3.05) is 26.2 Å². The maximum absolute atomic E-state index is 11.7. The maximum Gasteiger partial charge on any atom is 0.248 e. The van der Waals surface area contributed by atoms with Gasteiger partial charge in [0, 0.05) is 25.7 Å². The van der Waals surface area contributed by atoms with Crippen LogP contribution in [0.4, 0.5) is 0 Å². The molecular weight excluding hydrogens is 192 g/mol. The van der Waals surface area contributed by atoms with Crippen molar-refractivity contribution in [3.05, 3.63) is 0 Å². The van der Waals surface area contributed by atoms with Gasteiger partial charge in [-0.05, 0) is 20.3 Å². The van der Waals surface area contributed by atoms with Crippen LogP contribution in [-0.4, -0.2) is 49.2 Å². The van der Waals surface area contributed by atoms with Gasteiger partial charge in [0.1, 0.15) is 6.61 Å². The number of ether oxygens (including phenoxy) is 1. The molecule has 0 aromatic rings. The number of carbonyl (C=O) groups excluding carboxylic acids is 1. The van der Waals surface area contributed by atoms with Gasteiger partial charge in [-0.2, -0.15) is 0 Å². The molecule has 1 fully saturated rings. The molecule has 1 N–H and O–H groups in total. The Balaban J connectivity index is 2.26. The molecule has 0 spiro atoms. The number of piperazine rings is 1. The fourth-order valence-electron chi connectivity index (χ4n) is 1.58. The van der Waals surface area contributed by atoms with Crippen LogP contribution in [-0.2, 0) is 9.53 Å². The highest BCUT2D eigenvalue weighted by atomic mass is 16.5. The summed E-state index contributed by atoms with van der Waals surface area (Å²) in [5.41, 5.74) is 0. The number of carbonyl (C=O) groups is 1. The summed E-state index contributed by atoms with van der Waals surface area (Å²) < 4.78 is 5.43. The minimum Gasteiger partial charge on any atom is -0.369 e. The highest BCUT2D eigenvalue weighted by molar-refractivity contribution is 5.77. The normalized spacial score (nSPS) is 23.9. The summed E-state index contributed by atoms with van der Waals surface area (Å²) in [6, 6.07) is 0.395. The fourth-order valence-corrected chi connectivity index (χ4v) is 1.58. The van der Waals surface area contributed by atoms with Gasteiger partial charge in [-0.1, -0.05) is 6.92 Å². The Kier molecular flexibility index (Phi) is 5.05. The van der Waals surface area contributed by atoms with Crippen molar-refractivity contribution in [3.8, 4) is 0 Å². The molecule has 1 saturated heterocycles. The van der Waals surface area contributed by atoms with Gasteiger partial charge in [0.05, 0.1) is 6.10 Å². The summed E-state index contributed by atoms with van der Waals surface area (Å²) in [7, 11) is 0. The van der Waals surface area contributed by atoms with Crippen molar-refractivity contribution in [1.82, 2.24) is 10.2 Å². The molecule has 1 aliphatic rings. The van der Waals surface area contributed by atoms with E-state index in [1.165, 1.54) is 0 Å². The van der Waals surface area contributed by atoms with Crippen molar-refractivity contribution in [1.29, 1.82) is 0 Å². The Hall–Kier alpha value is -0.610. The van der Waals surface area contributed by atoms with Gasteiger partial charge in [0.2, 0.25) is 5.91 Å². The van der Waals surface area contributed by atoms with Crippen molar-refractivity contribution in [2.45, 2.75) is 39.3 Å². The Morgan fingerprint density at radius 3 is 3.00 bits per heavy atom. The summed E-state index contributed by atoms with van der Waals surface area (Å²) >= 11 is 0. The second-order valence-electron chi connectivity index (χ2n) is 4.22. The molecule has 0 bridgehead atoms. The molecule has 0 radical (unpaired) electrons. The molecule has 15 heavy (non-hydrogen) atoms. The summed E-state index contributed by atoms with van der Waals surface area (Å²) in [5, 5.41) is 3.31. The topological polar surface area (TPSA) is 41.6 Å². The first kappa shape index (κ1) is 12.5. The number of hydrogen-bond donors (Lipinski definition) is 1. The summed E-state index contributed by atoms with van der Waals surface area (Å²) in [6.07, 6.45) is 1.12. The van der Waals surface area contributed by atoms with Crippen LogP contribution in [0.5, 0.6) is 0 Å². The van der Waals surface area contributed by atoms with Crippen molar-refractivity contribution in [3.63, 3.8) is 0 Å². The van der Waals surface area contributed by atoms with Crippen LogP contribution in [0, 0.1) is 0 Å². The molecule has 0 aromatic heterocycles. The highest BCUT2D eigenvalue weighted by Gasteiger charge is 2.20. The SMILES string of the molecule is CCC(C)OCC(=O)N1CCN[C@@H](C)C1. The Morgan fingerprint density at radius 1 is 1.67 bits per heavy atom. The van der Waals surface area contributed by atoms with E-state index in [1.54, 1.807) is 0 Å². The van der Waals surface area contributed by atoms with Crippen LogP contribution in [0.1, 0.15) is 27.2 Å². The number of amides is 1. The van der Waals surface area contributed by atoms with E-state index in [4.69, 9.17) is 4.74 Å². The van der Waals surface area contributed by atoms with Crippen molar-refractivity contribution in [2.24, 2.45) is 0 Å². The predicted octanol–water partition coefficient (Wildman–Crippen LogP) is 0.622. The van der Waals surface area contributed by atoms with Gasteiger partial charge < -0.3 is 15.0 Å². The fraction of sp³-hybridized carbons (Fsp3) is 0.909. The van der Waals surface area contributed by atoms with E-state index < -0.39 is 0 Å². The Bertz CT molecular complexity index is 209. The molecular formula is C11H22N2O2. The quantitative estimate of drug-likeness (QED) is 0.746. The highest BCUT2D eigenvalue weighted by Crippen LogP contribution is 2.01. The summed E-state index contributed by atoms with van der Waals surface area (Å²) in [4.78, 5) is 13.6. The van der Waals surface area contributed by atoms with E-state index in [2.05, 4.69) is 19.2 Å². The third-order valence-electron chi connectivity index (χ3n) is 2.79. The van der Waals surface area contributed by atoms with E-state index in [0.717, 1.165) is 26.1 Å².